The monoisotopic (exact) mass is 262 g/mol. The van der Waals surface area contributed by atoms with E-state index < -0.39 is 6.04 Å². The summed E-state index contributed by atoms with van der Waals surface area (Å²) in [6.45, 7) is 3.41. The zero-order valence-corrected chi connectivity index (χ0v) is 11.1. The number of nitrogens with one attached hydrogen (secondary N) is 1. The molecule has 0 aromatic heterocycles. The maximum Gasteiger partial charge on any atom is 0.249 e. The smallest absolute Gasteiger partial charge is 0.249 e. The Kier molecular flexibility index (Phi) is 3.43. The van der Waals surface area contributed by atoms with E-state index in [-0.39, 0.29) is 16.9 Å². The molecule has 4 nitrogen and oxygen atoms in total. The number of benzene rings is 1. The number of carbonyl (C=O) groups is 2. The highest BCUT2D eigenvalue weighted by Gasteiger charge is 2.38. The van der Waals surface area contributed by atoms with E-state index in [0.717, 1.165) is 11.1 Å². The van der Waals surface area contributed by atoms with Crippen LogP contribution in [0, 0.1) is 6.92 Å². The lowest BCUT2D eigenvalue weighted by Gasteiger charge is -2.19. The van der Waals surface area contributed by atoms with Crippen LogP contribution in [0.15, 0.2) is 24.3 Å². The van der Waals surface area contributed by atoms with Gasteiger partial charge >= 0.3 is 0 Å². The van der Waals surface area contributed by atoms with Crippen LogP contribution in [0.5, 0.6) is 0 Å². The van der Waals surface area contributed by atoms with Gasteiger partial charge in [0.1, 0.15) is 6.04 Å². The molecule has 0 bridgehead atoms. The Balaban J connectivity index is 2.21. The van der Waals surface area contributed by atoms with Crippen LogP contribution in [-0.4, -0.2) is 27.9 Å². The molecule has 1 heterocycles. The molecule has 1 aliphatic heterocycles. The molecule has 0 aliphatic carbocycles. The fourth-order valence-electron chi connectivity index (χ4n) is 2.00. The van der Waals surface area contributed by atoms with Crippen molar-refractivity contribution in [2.45, 2.75) is 26.3 Å². The van der Waals surface area contributed by atoms with Crippen LogP contribution in [0.4, 0.5) is 0 Å². The van der Waals surface area contributed by atoms with Crippen LogP contribution < -0.4 is 5.32 Å². The Bertz CT molecular complexity index is 510. The van der Waals surface area contributed by atoms with E-state index in [4.69, 9.17) is 12.2 Å². The predicted octanol–water partition coefficient (Wildman–Crippen LogP) is 1.17. The van der Waals surface area contributed by atoms with Crippen molar-refractivity contribution < 1.29 is 9.59 Å². The third kappa shape index (κ3) is 2.41. The van der Waals surface area contributed by atoms with Crippen LogP contribution in [-0.2, 0) is 16.0 Å². The van der Waals surface area contributed by atoms with E-state index in [0.29, 0.717) is 6.42 Å². The molecule has 5 heteroatoms. The summed E-state index contributed by atoms with van der Waals surface area (Å²) in [5.41, 5.74) is 2.17. The molecular formula is C13H14N2O2S. The Morgan fingerprint density at radius 1 is 1.39 bits per heavy atom. The first kappa shape index (κ1) is 12.7. The third-order valence-corrected chi connectivity index (χ3v) is 3.25. The molecule has 1 saturated heterocycles. The average Bonchev–Trinajstić information content (AvgIpc) is 2.57. The first-order valence-corrected chi connectivity index (χ1v) is 6.10. The molecule has 1 atom stereocenters. The maximum absolute atomic E-state index is 11.8. The van der Waals surface area contributed by atoms with E-state index >= 15 is 0 Å². The van der Waals surface area contributed by atoms with Crippen molar-refractivity contribution >= 4 is 29.1 Å². The highest BCUT2D eigenvalue weighted by Crippen LogP contribution is 2.15. The molecule has 18 heavy (non-hydrogen) atoms. The van der Waals surface area contributed by atoms with Crippen LogP contribution in [0.25, 0.3) is 0 Å². The van der Waals surface area contributed by atoms with Gasteiger partial charge in [0, 0.05) is 13.3 Å². The zero-order valence-electron chi connectivity index (χ0n) is 10.3. The summed E-state index contributed by atoms with van der Waals surface area (Å²) in [5, 5.41) is 2.73. The Morgan fingerprint density at radius 2 is 2.00 bits per heavy atom. The number of thiocarbonyl (C=S) groups is 1. The molecule has 0 spiro atoms. The molecule has 94 valence electrons. The molecule has 2 rings (SSSR count). The molecule has 1 aromatic rings. The quantitative estimate of drug-likeness (QED) is 0.814. The average molecular weight is 262 g/mol. The predicted molar refractivity (Wildman–Crippen MR) is 71.9 cm³/mol. The van der Waals surface area contributed by atoms with Gasteiger partial charge in [0.25, 0.3) is 0 Å². The minimum Gasteiger partial charge on any atom is -0.301 e. The maximum atomic E-state index is 11.8. The summed E-state index contributed by atoms with van der Waals surface area (Å²) in [6.07, 6.45) is 0.478. The zero-order chi connectivity index (χ0) is 13.3. The summed E-state index contributed by atoms with van der Waals surface area (Å²) in [7, 11) is 0. The van der Waals surface area contributed by atoms with Crippen molar-refractivity contribution in [3.05, 3.63) is 35.4 Å². The number of carbonyl (C=O) groups excluding carboxylic acids is 2. The lowest BCUT2D eigenvalue weighted by atomic mass is 10.0. The molecule has 1 aliphatic rings. The highest BCUT2D eigenvalue weighted by molar-refractivity contribution is 7.80. The molecule has 1 unspecified atom stereocenters. The van der Waals surface area contributed by atoms with Gasteiger partial charge in [-0.05, 0) is 24.7 Å². The fourth-order valence-corrected chi connectivity index (χ4v) is 2.36. The van der Waals surface area contributed by atoms with Crippen LogP contribution in [0.1, 0.15) is 18.1 Å². The minimum atomic E-state index is -0.530. The van der Waals surface area contributed by atoms with Crippen molar-refractivity contribution in [1.29, 1.82) is 0 Å². The van der Waals surface area contributed by atoms with Crippen molar-refractivity contribution in [2.75, 3.05) is 0 Å². The number of rotatable bonds is 2. The number of hydrogen-bond acceptors (Lipinski definition) is 3. The fraction of sp³-hybridized carbons (Fsp3) is 0.308. The topological polar surface area (TPSA) is 49.4 Å². The molecule has 1 fully saturated rings. The van der Waals surface area contributed by atoms with Gasteiger partial charge in [0.05, 0.1) is 0 Å². The van der Waals surface area contributed by atoms with E-state index in [9.17, 15) is 9.59 Å². The summed E-state index contributed by atoms with van der Waals surface area (Å²) >= 11 is 4.98. The van der Waals surface area contributed by atoms with Crippen molar-refractivity contribution in [3.63, 3.8) is 0 Å². The largest absolute Gasteiger partial charge is 0.301 e. The minimum absolute atomic E-state index is 0.199. The van der Waals surface area contributed by atoms with Gasteiger partial charge in [-0.3, -0.25) is 14.5 Å². The molecule has 2 amide bonds. The molecule has 0 radical (unpaired) electrons. The summed E-state index contributed by atoms with van der Waals surface area (Å²) in [5.74, 6) is -0.425. The van der Waals surface area contributed by atoms with Crippen molar-refractivity contribution in [1.82, 2.24) is 10.2 Å². The van der Waals surface area contributed by atoms with Crippen LogP contribution >= 0.6 is 12.2 Å². The van der Waals surface area contributed by atoms with Gasteiger partial charge in [-0.2, -0.15) is 0 Å². The highest BCUT2D eigenvalue weighted by atomic mass is 32.1. The Morgan fingerprint density at radius 3 is 2.56 bits per heavy atom. The second-order valence-electron chi connectivity index (χ2n) is 4.39. The van der Waals surface area contributed by atoms with Crippen LogP contribution in [0.2, 0.25) is 0 Å². The Hall–Kier alpha value is -1.75. The molecular weight excluding hydrogens is 248 g/mol. The van der Waals surface area contributed by atoms with E-state index in [1.54, 1.807) is 0 Å². The van der Waals surface area contributed by atoms with Gasteiger partial charge < -0.3 is 5.32 Å². The SMILES string of the molecule is CC(=O)N1C(=S)NC(=O)C1Cc1ccc(C)cc1. The summed E-state index contributed by atoms with van der Waals surface area (Å²) in [6, 6.07) is 7.36. The second-order valence-corrected chi connectivity index (χ2v) is 4.78. The van der Waals surface area contributed by atoms with Crippen molar-refractivity contribution in [2.24, 2.45) is 0 Å². The standard InChI is InChI=1S/C13H14N2O2S/c1-8-3-5-10(6-4-8)7-11-12(17)14-13(18)15(11)9(2)16/h3-6,11H,7H2,1-2H3,(H,14,17,18). The second kappa shape index (κ2) is 4.86. The van der Waals surface area contributed by atoms with E-state index in [2.05, 4.69) is 5.32 Å². The Labute approximate surface area is 111 Å². The van der Waals surface area contributed by atoms with E-state index in [1.807, 2.05) is 31.2 Å². The van der Waals surface area contributed by atoms with Crippen LogP contribution in [0.3, 0.4) is 0 Å². The van der Waals surface area contributed by atoms with Gasteiger partial charge in [-0.25, -0.2) is 0 Å². The van der Waals surface area contributed by atoms with Gasteiger partial charge in [-0.15, -0.1) is 0 Å². The summed E-state index contributed by atoms with van der Waals surface area (Å²) in [4.78, 5) is 24.6. The van der Waals surface area contributed by atoms with E-state index in [1.165, 1.54) is 11.8 Å². The van der Waals surface area contributed by atoms with Crippen molar-refractivity contribution in [3.8, 4) is 0 Å². The van der Waals surface area contributed by atoms with Gasteiger partial charge in [0.15, 0.2) is 5.11 Å². The number of hydrogen-bond donors (Lipinski definition) is 1. The third-order valence-electron chi connectivity index (χ3n) is 2.95. The lowest BCUT2D eigenvalue weighted by Crippen LogP contribution is -2.40. The first-order chi connectivity index (χ1) is 8.49. The first-order valence-electron chi connectivity index (χ1n) is 5.69. The molecule has 1 N–H and O–H groups in total. The molecule has 1 aromatic carbocycles. The summed E-state index contributed by atoms with van der Waals surface area (Å²) < 4.78 is 0. The lowest BCUT2D eigenvalue weighted by molar-refractivity contribution is -0.131. The van der Waals surface area contributed by atoms with Gasteiger partial charge in [-0.1, -0.05) is 29.8 Å². The molecule has 0 saturated carbocycles. The number of nitrogens with zero attached hydrogens (tertiary/aromatic N) is 1. The normalized spacial score (nSPS) is 19.0. The number of amides is 2. The van der Waals surface area contributed by atoms with Gasteiger partial charge in [0.2, 0.25) is 11.8 Å². The number of aryl methyl sites for hydroxylation is 1.